The van der Waals surface area contributed by atoms with E-state index in [0.29, 0.717) is 15.9 Å². The van der Waals surface area contributed by atoms with Gasteiger partial charge in [0, 0.05) is 30.3 Å². The summed E-state index contributed by atoms with van der Waals surface area (Å²) in [6.07, 6.45) is 4.13. The van der Waals surface area contributed by atoms with E-state index in [9.17, 15) is 9.59 Å². The Morgan fingerprint density at radius 1 is 1.19 bits per heavy atom. The summed E-state index contributed by atoms with van der Waals surface area (Å²) in [4.78, 5) is 33.0. The predicted octanol–water partition coefficient (Wildman–Crippen LogP) is 3.64. The van der Waals surface area contributed by atoms with Crippen LogP contribution in [0.1, 0.15) is 25.0 Å². The average molecular weight is 422 g/mol. The third-order valence-electron chi connectivity index (χ3n) is 4.78. The molecule has 4 rings (SSSR count). The molecular formula is C19H20ClN3O2S2. The van der Waals surface area contributed by atoms with Crippen LogP contribution in [-0.4, -0.2) is 45.0 Å². The smallest absolute Gasteiger partial charge is 0.272 e. The van der Waals surface area contributed by atoms with Crippen molar-refractivity contribution in [2.45, 2.75) is 35.7 Å². The summed E-state index contributed by atoms with van der Waals surface area (Å²) in [6.45, 7) is 1.66. The second-order valence-corrected chi connectivity index (χ2v) is 9.10. The van der Waals surface area contributed by atoms with Gasteiger partial charge in [0.2, 0.25) is 5.91 Å². The quantitative estimate of drug-likeness (QED) is 0.557. The van der Waals surface area contributed by atoms with Crippen LogP contribution in [0.5, 0.6) is 0 Å². The molecule has 2 aromatic rings. The van der Waals surface area contributed by atoms with Gasteiger partial charge in [-0.1, -0.05) is 23.4 Å². The van der Waals surface area contributed by atoms with Crippen molar-refractivity contribution in [2.75, 3.05) is 24.6 Å². The molecule has 2 aliphatic heterocycles. The Morgan fingerprint density at radius 3 is 2.67 bits per heavy atom. The number of fused-ring (bicyclic) bond motifs is 1. The maximum atomic E-state index is 13.1. The molecule has 1 fully saturated rings. The maximum absolute atomic E-state index is 13.1. The van der Waals surface area contributed by atoms with Gasteiger partial charge in [0.1, 0.15) is 0 Å². The fourth-order valence-electron chi connectivity index (χ4n) is 3.37. The lowest BCUT2D eigenvalue weighted by atomic mass is 10.1. The summed E-state index contributed by atoms with van der Waals surface area (Å²) in [5, 5.41) is 1.19. The molecule has 1 aromatic heterocycles. The number of rotatable bonds is 4. The minimum absolute atomic E-state index is 0.0576. The molecule has 0 saturated carbocycles. The molecule has 5 nitrogen and oxygen atoms in total. The zero-order chi connectivity index (χ0) is 18.8. The van der Waals surface area contributed by atoms with Gasteiger partial charge in [0.15, 0.2) is 5.16 Å². The van der Waals surface area contributed by atoms with Gasteiger partial charge in [-0.05, 0) is 43.5 Å². The fourth-order valence-corrected chi connectivity index (χ4v) is 5.45. The van der Waals surface area contributed by atoms with Crippen molar-refractivity contribution in [1.82, 2.24) is 14.5 Å². The van der Waals surface area contributed by atoms with Gasteiger partial charge in [0.25, 0.3) is 5.56 Å². The topological polar surface area (TPSA) is 55.2 Å². The lowest BCUT2D eigenvalue weighted by Crippen LogP contribution is -2.37. The van der Waals surface area contributed by atoms with Crippen LogP contribution < -0.4 is 5.56 Å². The maximum Gasteiger partial charge on any atom is 0.272 e. The molecule has 8 heteroatoms. The largest absolute Gasteiger partial charge is 0.342 e. The van der Waals surface area contributed by atoms with Crippen LogP contribution in [0.2, 0.25) is 5.02 Å². The number of amides is 1. The first-order valence-electron chi connectivity index (χ1n) is 9.09. The molecule has 0 atom stereocenters. The van der Waals surface area contributed by atoms with Crippen LogP contribution in [-0.2, 0) is 11.2 Å². The number of hydrogen-bond donors (Lipinski definition) is 0. The first kappa shape index (κ1) is 18.9. The molecule has 1 aromatic carbocycles. The van der Waals surface area contributed by atoms with Gasteiger partial charge < -0.3 is 4.90 Å². The highest BCUT2D eigenvalue weighted by Gasteiger charge is 2.24. The van der Waals surface area contributed by atoms with Crippen LogP contribution in [0, 0.1) is 0 Å². The van der Waals surface area contributed by atoms with Gasteiger partial charge in [0.05, 0.1) is 22.0 Å². The van der Waals surface area contributed by atoms with Crippen LogP contribution in [0.4, 0.5) is 0 Å². The minimum atomic E-state index is -0.0576. The van der Waals surface area contributed by atoms with Crippen molar-refractivity contribution in [1.29, 1.82) is 0 Å². The molecule has 0 aliphatic carbocycles. The molecule has 0 spiro atoms. The van der Waals surface area contributed by atoms with Gasteiger partial charge in [-0.2, -0.15) is 0 Å². The van der Waals surface area contributed by atoms with E-state index in [2.05, 4.69) is 0 Å². The standard InChI is InChI=1S/C19H20ClN3O2S2/c20-13-4-6-14(7-5-13)23-18(25)17-15(8-11-26-17)21-19(23)27-12-16(24)22-9-2-1-3-10-22/h4-7H,1-3,8-12H2. The van der Waals surface area contributed by atoms with E-state index in [1.807, 2.05) is 17.0 Å². The average Bonchev–Trinajstić information content (AvgIpc) is 3.17. The molecule has 2 aliphatic rings. The van der Waals surface area contributed by atoms with E-state index in [0.717, 1.165) is 54.4 Å². The lowest BCUT2D eigenvalue weighted by molar-refractivity contribution is -0.129. The summed E-state index contributed by atoms with van der Waals surface area (Å²) in [5.74, 6) is 1.29. The summed E-state index contributed by atoms with van der Waals surface area (Å²) >= 11 is 8.90. The number of nitrogens with zero attached hydrogens (tertiary/aromatic N) is 3. The molecule has 0 unspecified atom stereocenters. The van der Waals surface area contributed by atoms with Crippen molar-refractivity contribution in [2.24, 2.45) is 0 Å². The number of benzene rings is 1. The van der Waals surface area contributed by atoms with Crippen LogP contribution in [0.15, 0.2) is 39.1 Å². The number of aromatic nitrogens is 2. The number of carbonyl (C=O) groups excluding carboxylic acids is 1. The second kappa shape index (κ2) is 8.29. The first-order valence-corrected chi connectivity index (χ1v) is 11.4. The van der Waals surface area contributed by atoms with E-state index in [4.69, 9.17) is 16.6 Å². The third-order valence-corrected chi connectivity index (χ3v) is 7.07. The molecule has 27 heavy (non-hydrogen) atoms. The Bertz CT molecular complexity index is 908. The van der Waals surface area contributed by atoms with Crippen molar-refractivity contribution < 1.29 is 4.79 Å². The molecule has 0 radical (unpaired) electrons. The molecule has 3 heterocycles. The van der Waals surface area contributed by atoms with Gasteiger partial charge >= 0.3 is 0 Å². The number of halogens is 1. The first-order chi connectivity index (χ1) is 13.1. The molecular weight excluding hydrogens is 402 g/mol. The van der Waals surface area contributed by atoms with E-state index in [1.54, 1.807) is 28.5 Å². The zero-order valence-corrected chi connectivity index (χ0v) is 17.2. The Hall–Kier alpha value is -1.44. The number of likely N-dealkylation sites (tertiary alicyclic amines) is 1. The van der Waals surface area contributed by atoms with E-state index < -0.39 is 0 Å². The molecule has 1 amide bonds. The highest BCUT2D eigenvalue weighted by molar-refractivity contribution is 8.00. The number of carbonyl (C=O) groups is 1. The highest BCUT2D eigenvalue weighted by atomic mass is 35.5. The SMILES string of the molecule is O=C(CSc1nc2c(c(=O)n1-c1ccc(Cl)cc1)SCC2)N1CCCCC1. The van der Waals surface area contributed by atoms with Gasteiger partial charge in [-0.3, -0.25) is 14.2 Å². The third kappa shape index (κ3) is 4.05. The summed E-state index contributed by atoms with van der Waals surface area (Å²) in [5.41, 5.74) is 1.51. The monoisotopic (exact) mass is 421 g/mol. The Labute approximate surface area is 171 Å². The Balaban J connectivity index is 1.64. The zero-order valence-electron chi connectivity index (χ0n) is 14.8. The number of hydrogen-bond acceptors (Lipinski definition) is 5. The van der Waals surface area contributed by atoms with Crippen molar-refractivity contribution in [3.8, 4) is 5.69 Å². The van der Waals surface area contributed by atoms with E-state index in [1.165, 1.54) is 18.2 Å². The molecule has 1 saturated heterocycles. The minimum Gasteiger partial charge on any atom is -0.342 e. The van der Waals surface area contributed by atoms with Crippen molar-refractivity contribution >= 4 is 41.0 Å². The summed E-state index contributed by atoms with van der Waals surface area (Å²) in [7, 11) is 0. The second-order valence-electron chi connectivity index (χ2n) is 6.62. The van der Waals surface area contributed by atoms with Crippen LogP contribution in [0.3, 0.4) is 0 Å². The van der Waals surface area contributed by atoms with Gasteiger partial charge in [-0.15, -0.1) is 11.8 Å². The van der Waals surface area contributed by atoms with E-state index in [-0.39, 0.29) is 11.5 Å². The van der Waals surface area contributed by atoms with E-state index >= 15 is 0 Å². The molecule has 142 valence electrons. The molecule has 0 bridgehead atoms. The van der Waals surface area contributed by atoms with Crippen molar-refractivity contribution in [3.05, 3.63) is 45.3 Å². The molecule has 0 N–H and O–H groups in total. The number of thioether (sulfide) groups is 2. The highest BCUT2D eigenvalue weighted by Crippen LogP contribution is 2.30. The van der Waals surface area contributed by atoms with Crippen LogP contribution >= 0.6 is 35.1 Å². The predicted molar refractivity (Wildman–Crippen MR) is 110 cm³/mol. The Kier molecular flexibility index (Phi) is 5.80. The Morgan fingerprint density at radius 2 is 1.93 bits per heavy atom. The summed E-state index contributed by atoms with van der Waals surface area (Å²) < 4.78 is 1.61. The normalized spacial score (nSPS) is 16.4. The fraction of sp³-hybridized carbons (Fsp3) is 0.421. The summed E-state index contributed by atoms with van der Waals surface area (Å²) in [6, 6.07) is 7.15. The van der Waals surface area contributed by atoms with Crippen LogP contribution in [0.25, 0.3) is 5.69 Å². The number of aryl methyl sites for hydroxylation is 1. The number of piperidine rings is 1. The van der Waals surface area contributed by atoms with Crippen molar-refractivity contribution in [3.63, 3.8) is 0 Å². The lowest BCUT2D eigenvalue weighted by Gasteiger charge is -2.26. The van der Waals surface area contributed by atoms with Gasteiger partial charge in [-0.25, -0.2) is 4.98 Å².